The number of anilines is 12. The molecule has 0 amide bonds. The van der Waals surface area contributed by atoms with Gasteiger partial charge in [-0.1, -0.05) is 176 Å². The summed E-state index contributed by atoms with van der Waals surface area (Å²) in [6, 6.07) is 122. The summed E-state index contributed by atoms with van der Waals surface area (Å²) in [7, 11) is 0. The van der Waals surface area contributed by atoms with E-state index in [1.54, 1.807) is 0 Å². The highest BCUT2D eigenvalue weighted by Crippen LogP contribution is 2.50. The number of benzene rings is 17. The van der Waals surface area contributed by atoms with Gasteiger partial charge in [-0.3, -0.25) is 0 Å². The molecule has 96 heavy (non-hydrogen) atoms. The number of fused-ring (bicyclic) bond motifs is 4. The van der Waals surface area contributed by atoms with E-state index in [4.69, 9.17) is 0 Å². The van der Waals surface area contributed by atoms with Crippen molar-refractivity contribution in [2.75, 3.05) is 19.6 Å². The number of hydrogen-bond donors (Lipinski definition) is 0. The maximum atomic E-state index is 11.2. The molecule has 450 valence electrons. The van der Waals surface area contributed by atoms with E-state index in [1.807, 2.05) is 30.3 Å². The molecule has 17 rings (SSSR count). The van der Waals surface area contributed by atoms with Crippen LogP contribution < -0.4 is 19.6 Å². The Morgan fingerprint density at radius 2 is 0.604 bits per heavy atom. The van der Waals surface area contributed by atoms with Gasteiger partial charge in [-0.05, 0) is 247 Å². The molecule has 17 aromatic rings. The average Bonchev–Trinajstić information content (AvgIpc) is 0.725. The second-order valence-corrected chi connectivity index (χ2v) is 24.8. The first kappa shape index (κ1) is 56.9. The van der Waals surface area contributed by atoms with Crippen LogP contribution >= 0.6 is 0 Å². The minimum Gasteiger partial charge on any atom is -0.310 e. The van der Waals surface area contributed by atoms with Crippen molar-refractivity contribution >= 4 is 144 Å². The number of rotatable bonds is 13. The molecule has 0 aromatic heterocycles. The third kappa shape index (κ3) is 9.80. The molecule has 0 saturated heterocycles. The molecule has 0 aliphatic carbocycles. The van der Waals surface area contributed by atoms with Crippen molar-refractivity contribution in [2.24, 2.45) is 0 Å². The topological polar surface area (TPSA) is 60.5 Å². The smallest absolute Gasteiger partial charge is 0.0998 e. The Morgan fingerprint density at radius 3 is 1.10 bits per heavy atom. The van der Waals surface area contributed by atoms with E-state index in [9.17, 15) is 10.5 Å². The first-order valence-corrected chi connectivity index (χ1v) is 32.5. The highest BCUT2D eigenvalue weighted by atomic mass is 15.2. The largest absolute Gasteiger partial charge is 0.310 e. The van der Waals surface area contributed by atoms with Crippen LogP contribution in [0.1, 0.15) is 22.3 Å². The lowest BCUT2D eigenvalue weighted by Gasteiger charge is -2.30. The van der Waals surface area contributed by atoms with Crippen molar-refractivity contribution in [2.45, 2.75) is 13.8 Å². The lowest BCUT2D eigenvalue weighted by atomic mass is 9.91. The maximum Gasteiger partial charge on any atom is 0.0998 e. The predicted molar refractivity (Wildman–Crippen MR) is 403 cm³/mol. The molecular weight excluding hydrogens is 1170 g/mol. The molecule has 0 aliphatic heterocycles. The maximum absolute atomic E-state index is 11.2. The molecule has 0 aliphatic rings. The zero-order valence-electron chi connectivity index (χ0n) is 52.9. The molecule has 0 atom stereocenters. The van der Waals surface area contributed by atoms with E-state index in [2.05, 4.69) is 343 Å². The van der Waals surface area contributed by atoms with Crippen LogP contribution in [0.15, 0.2) is 328 Å². The minimum atomic E-state index is 0.573. The molecule has 6 nitrogen and oxygen atoms in total. The van der Waals surface area contributed by atoms with Gasteiger partial charge in [0.1, 0.15) is 0 Å². The summed E-state index contributed by atoms with van der Waals surface area (Å²) in [4.78, 5) is 9.35. The SMILES string of the molecule is Cc1c2ccc(N(c3ccccc3)c3cccc(-c4cc(N(c5ccc6ccccc6c5)c5ccc6ccc7c(N(c8ccc(C#N)cc8)c8ccc9ccccc9c8)ccc8ccc5c6c87)ccc4C#N)c3)cc2c(C)c2ccc(N(c3ccccc3)c3ccccc3)cc12. The van der Waals surface area contributed by atoms with Gasteiger partial charge in [0.15, 0.2) is 0 Å². The molecule has 0 saturated carbocycles. The van der Waals surface area contributed by atoms with E-state index in [0.717, 1.165) is 128 Å². The van der Waals surface area contributed by atoms with Gasteiger partial charge >= 0.3 is 0 Å². The fourth-order valence-electron chi connectivity index (χ4n) is 14.7. The summed E-state index contributed by atoms with van der Waals surface area (Å²) in [5.41, 5.74) is 17.6. The van der Waals surface area contributed by atoms with Gasteiger partial charge in [-0.15, -0.1) is 0 Å². The first-order valence-electron chi connectivity index (χ1n) is 32.5. The van der Waals surface area contributed by atoms with E-state index in [0.29, 0.717) is 11.1 Å². The van der Waals surface area contributed by atoms with Crippen LogP contribution in [0.2, 0.25) is 0 Å². The lowest BCUT2D eigenvalue weighted by Crippen LogP contribution is -2.12. The van der Waals surface area contributed by atoms with Gasteiger partial charge in [-0.2, -0.15) is 10.5 Å². The van der Waals surface area contributed by atoms with Crippen molar-refractivity contribution in [1.29, 1.82) is 10.5 Å². The third-order valence-corrected chi connectivity index (χ3v) is 19.3. The summed E-state index contributed by atoms with van der Waals surface area (Å²) < 4.78 is 0. The molecule has 0 N–H and O–H groups in total. The third-order valence-electron chi connectivity index (χ3n) is 19.3. The Kier molecular flexibility index (Phi) is 14.0. The Hall–Kier alpha value is -13.0. The van der Waals surface area contributed by atoms with Gasteiger partial charge < -0.3 is 19.6 Å². The normalized spacial score (nSPS) is 11.4. The van der Waals surface area contributed by atoms with Crippen LogP contribution in [0, 0.1) is 36.5 Å². The molecule has 0 heterocycles. The van der Waals surface area contributed by atoms with Crippen LogP contribution in [0.4, 0.5) is 68.2 Å². The van der Waals surface area contributed by atoms with E-state index in [-0.39, 0.29) is 0 Å². The Balaban J connectivity index is 0.798. The highest BCUT2D eigenvalue weighted by molar-refractivity contribution is 6.28. The number of hydrogen-bond acceptors (Lipinski definition) is 6. The fraction of sp³-hybridized carbons (Fsp3) is 0.0222. The molecular formula is C90H60N6. The van der Waals surface area contributed by atoms with E-state index in [1.165, 1.54) is 38.1 Å². The summed E-state index contributed by atoms with van der Waals surface area (Å²) >= 11 is 0. The van der Waals surface area contributed by atoms with Gasteiger partial charge in [0, 0.05) is 73.2 Å². The standard InChI is InChI=1S/C90H60N6/c1-59-81-48-44-78(55-85(81)60(2)80-47-43-77(54-84(59)80)93(70-22-6-3-7-23-70)71-24-8-4-9-25-71)94(72-26-10-5-11-27-72)74-28-16-21-68(53-74)86-56-79(42-33-69(86)58-92)96(76-41-32-63-18-13-15-20-67(63)52-76)88-50-37-65-34-45-82-87(49-36-64-35-46-83(88)90(65)89(64)82)95(73-38-29-61(57-91)30-39-73)75-40-31-62-17-12-14-19-66(62)51-75/h3-56H,1-2H3. The van der Waals surface area contributed by atoms with Crippen molar-refractivity contribution in [1.82, 2.24) is 0 Å². The molecule has 0 spiro atoms. The quantitative estimate of drug-likeness (QED) is 0.0847. The number of nitriles is 2. The van der Waals surface area contributed by atoms with Crippen LogP contribution in [-0.4, -0.2) is 0 Å². The molecule has 6 heteroatoms. The summed E-state index contributed by atoms with van der Waals surface area (Å²) in [5.74, 6) is 0. The van der Waals surface area contributed by atoms with Crippen molar-refractivity contribution in [3.63, 3.8) is 0 Å². The van der Waals surface area contributed by atoms with Crippen LogP contribution in [0.3, 0.4) is 0 Å². The van der Waals surface area contributed by atoms with Crippen molar-refractivity contribution in [3.8, 4) is 23.3 Å². The monoisotopic (exact) mass is 1220 g/mol. The van der Waals surface area contributed by atoms with Crippen molar-refractivity contribution < 1.29 is 0 Å². The summed E-state index contributed by atoms with van der Waals surface area (Å²) in [6.45, 7) is 4.51. The van der Waals surface area contributed by atoms with Crippen LogP contribution in [-0.2, 0) is 0 Å². The van der Waals surface area contributed by atoms with Crippen LogP contribution in [0.25, 0.3) is 86.5 Å². The first-order chi connectivity index (χ1) is 47.3. The average molecular weight is 1230 g/mol. The number of nitrogens with zero attached hydrogens (tertiary/aromatic N) is 6. The second-order valence-electron chi connectivity index (χ2n) is 24.8. The van der Waals surface area contributed by atoms with Gasteiger partial charge in [0.05, 0.1) is 34.6 Å². The zero-order valence-corrected chi connectivity index (χ0v) is 52.9. The van der Waals surface area contributed by atoms with Crippen LogP contribution in [0.5, 0.6) is 0 Å². The Bertz CT molecular complexity index is 5930. The summed E-state index contributed by atoms with van der Waals surface area (Å²) in [5, 5.41) is 37.2. The fourth-order valence-corrected chi connectivity index (χ4v) is 14.7. The van der Waals surface area contributed by atoms with Gasteiger partial charge in [0.2, 0.25) is 0 Å². The zero-order chi connectivity index (χ0) is 64.4. The predicted octanol–water partition coefficient (Wildman–Crippen LogP) is 25.1. The molecule has 0 radical (unpaired) electrons. The van der Waals surface area contributed by atoms with Crippen molar-refractivity contribution in [3.05, 3.63) is 350 Å². The van der Waals surface area contributed by atoms with Gasteiger partial charge in [0.25, 0.3) is 0 Å². The second kappa shape index (κ2) is 23.6. The molecule has 0 fully saturated rings. The lowest BCUT2D eigenvalue weighted by molar-refractivity contribution is 1.28. The Labute approximate surface area is 557 Å². The summed E-state index contributed by atoms with van der Waals surface area (Å²) in [6.07, 6.45) is 0. The molecule has 0 unspecified atom stereocenters. The molecule has 0 bridgehead atoms. The van der Waals surface area contributed by atoms with Gasteiger partial charge in [-0.25, -0.2) is 0 Å². The minimum absolute atomic E-state index is 0.573. The number of para-hydroxylation sites is 3. The number of aryl methyl sites for hydroxylation is 2. The van der Waals surface area contributed by atoms with E-state index < -0.39 is 0 Å². The Morgan fingerprint density at radius 1 is 0.240 bits per heavy atom. The highest BCUT2D eigenvalue weighted by Gasteiger charge is 2.25. The van der Waals surface area contributed by atoms with E-state index >= 15 is 0 Å². The molecule has 17 aromatic carbocycles.